The van der Waals surface area contributed by atoms with E-state index < -0.39 is 0 Å². The van der Waals surface area contributed by atoms with Gasteiger partial charge < -0.3 is 10.2 Å². The van der Waals surface area contributed by atoms with Crippen LogP contribution in [0.5, 0.6) is 5.75 Å². The third-order valence-corrected chi connectivity index (χ3v) is 7.48. The Kier molecular flexibility index (Phi) is 10.3. The van der Waals surface area contributed by atoms with Crippen LogP contribution in [0.2, 0.25) is 0 Å². The summed E-state index contributed by atoms with van der Waals surface area (Å²) < 4.78 is 0. The highest BCUT2D eigenvalue weighted by atomic mass is 16.3. The minimum absolute atomic E-state index is 0.150. The first kappa shape index (κ1) is 25.3. The van der Waals surface area contributed by atoms with Crippen molar-refractivity contribution in [1.82, 2.24) is 0 Å². The van der Waals surface area contributed by atoms with E-state index in [9.17, 15) is 10.4 Å². The molecule has 0 aromatic heterocycles. The second-order valence-electron chi connectivity index (χ2n) is 10.0. The van der Waals surface area contributed by atoms with Crippen LogP contribution in [0.25, 0.3) is 11.1 Å². The Labute approximate surface area is 200 Å². The molecule has 3 heteroatoms. The first-order chi connectivity index (χ1) is 16.2. The minimum atomic E-state index is -0.150. The van der Waals surface area contributed by atoms with E-state index >= 15 is 0 Å². The highest BCUT2D eigenvalue weighted by molar-refractivity contribution is 5.64. The van der Waals surface area contributed by atoms with Crippen LogP contribution in [-0.4, -0.2) is 16.8 Å². The average Bonchev–Trinajstić information content (AvgIpc) is 2.86. The molecule has 0 saturated heterocycles. The molecule has 178 valence electrons. The molecule has 0 spiro atoms. The second-order valence-corrected chi connectivity index (χ2v) is 10.0. The molecule has 0 heterocycles. The molecular weight excluding hydrogens is 406 g/mol. The van der Waals surface area contributed by atoms with Gasteiger partial charge in [0.15, 0.2) is 0 Å². The summed E-state index contributed by atoms with van der Waals surface area (Å²) in [6.45, 7) is 0.326. The number of benzene rings is 2. The van der Waals surface area contributed by atoms with Crippen LogP contribution in [0.4, 0.5) is 0 Å². The van der Waals surface area contributed by atoms with E-state index in [-0.39, 0.29) is 5.41 Å². The lowest BCUT2D eigenvalue weighted by atomic mass is 9.66. The fourth-order valence-corrected chi connectivity index (χ4v) is 5.45. The molecule has 0 amide bonds. The summed E-state index contributed by atoms with van der Waals surface area (Å²) in [6.07, 6.45) is 16.3. The first-order valence-corrected chi connectivity index (χ1v) is 13.1. The summed E-state index contributed by atoms with van der Waals surface area (Å²) in [5.74, 6) is 0.769. The number of phenolic OH excluding ortho intramolecular Hbond substituents is 1. The summed E-state index contributed by atoms with van der Waals surface area (Å²) in [5.41, 5.74) is 3.48. The van der Waals surface area contributed by atoms with Crippen molar-refractivity contribution in [3.05, 3.63) is 54.1 Å². The van der Waals surface area contributed by atoms with Gasteiger partial charge in [-0.3, -0.25) is 0 Å². The minimum Gasteiger partial charge on any atom is -0.508 e. The quantitative estimate of drug-likeness (QED) is 0.305. The van der Waals surface area contributed by atoms with E-state index in [0.29, 0.717) is 18.3 Å². The molecule has 0 aliphatic heterocycles. The van der Waals surface area contributed by atoms with Gasteiger partial charge in [-0.25, -0.2) is 0 Å². The van der Waals surface area contributed by atoms with Crippen LogP contribution in [0, 0.1) is 16.7 Å². The molecule has 3 rings (SSSR count). The maximum atomic E-state index is 10.1. The molecule has 1 aliphatic carbocycles. The summed E-state index contributed by atoms with van der Waals surface area (Å²) in [7, 11) is 0. The van der Waals surface area contributed by atoms with Gasteiger partial charge in [0.2, 0.25) is 0 Å². The molecule has 2 N–H and O–H groups in total. The second kappa shape index (κ2) is 13.4. The molecule has 2 unspecified atom stereocenters. The Hall–Kier alpha value is -2.31. The number of aromatic hydroxyl groups is 1. The van der Waals surface area contributed by atoms with Gasteiger partial charge in [0.05, 0.1) is 11.5 Å². The number of rotatable bonds is 13. The van der Waals surface area contributed by atoms with E-state index in [1.165, 1.54) is 56.9 Å². The van der Waals surface area contributed by atoms with Crippen LogP contribution in [0.1, 0.15) is 101 Å². The Morgan fingerprint density at radius 2 is 1.33 bits per heavy atom. The zero-order valence-electron chi connectivity index (χ0n) is 20.1. The number of nitriles is 1. The summed E-state index contributed by atoms with van der Waals surface area (Å²) in [5, 5.41) is 28.4. The summed E-state index contributed by atoms with van der Waals surface area (Å²) >= 11 is 0. The van der Waals surface area contributed by atoms with E-state index in [2.05, 4.69) is 30.3 Å². The van der Waals surface area contributed by atoms with Crippen molar-refractivity contribution in [1.29, 1.82) is 5.26 Å². The molecule has 2 atom stereocenters. The number of nitrogens with zero attached hydrogens (tertiary/aromatic N) is 1. The monoisotopic (exact) mass is 447 g/mol. The Morgan fingerprint density at radius 1 is 0.788 bits per heavy atom. The predicted octanol–water partition coefficient (Wildman–Crippen LogP) is 8.12. The molecule has 0 radical (unpaired) electrons. The van der Waals surface area contributed by atoms with Gasteiger partial charge in [0, 0.05) is 6.61 Å². The number of hydrogen-bond acceptors (Lipinski definition) is 3. The van der Waals surface area contributed by atoms with Crippen molar-refractivity contribution in [2.24, 2.45) is 5.41 Å². The molecule has 3 nitrogen and oxygen atoms in total. The van der Waals surface area contributed by atoms with Crippen LogP contribution in [0.15, 0.2) is 48.5 Å². The van der Waals surface area contributed by atoms with Crippen molar-refractivity contribution in [3.63, 3.8) is 0 Å². The largest absolute Gasteiger partial charge is 0.508 e. The molecular formula is C30H41NO2. The SMILES string of the molecule is N#CC1(CCCCCCCCCCCO)CCCC(c2ccc(-c3ccc(O)cc3)cc2)C1. The van der Waals surface area contributed by atoms with Crippen LogP contribution in [0.3, 0.4) is 0 Å². The van der Waals surface area contributed by atoms with Gasteiger partial charge in [0.25, 0.3) is 0 Å². The van der Waals surface area contributed by atoms with Gasteiger partial charge in [-0.1, -0.05) is 94.2 Å². The number of phenols is 1. The fraction of sp³-hybridized carbons (Fsp3) is 0.567. The third kappa shape index (κ3) is 7.90. The molecule has 1 aliphatic rings. The lowest BCUT2D eigenvalue weighted by Gasteiger charge is -2.36. The average molecular weight is 448 g/mol. The topological polar surface area (TPSA) is 64.2 Å². The Balaban J connectivity index is 1.44. The first-order valence-electron chi connectivity index (χ1n) is 13.1. The van der Waals surface area contributed by atoms with Gasteiger partial charge in [0.1, 0.15) is 5.75 Å². The molecule has 2 aromatic rings. The van der Waals surface area contributed by atoms with Gasteiger partial charge >= 0.3 is 0 Å². The van der Waals surface area contributed by atoms with Crippen molar-refractivity contribution in [2.75, 3.05) is 6.61 Å². The van der Waals surface area contributed by atoms with Crippen molar-refractivity contribution in [2.45, 2.75) is 95.8 Å². The lowest BCUT2D eigenvalue weighted by molar-refractivity contribution is 0.218. The van der Waals surface area contributed by atoms with Crippen LogP contribution >= 0.6 is 0 Å². The van der Waals surface area contributed by atoms with Crippen molar-refractivity contribution in [3.8, 4) is 22.9 Å². The molecule has 1 saturated carbocycles. The maximum Gasteiger partial charge on any atom is 0.115 e. The van der Waals surface area contributed by atoms with Gasteiger partial charge in [-0.15, -0.1) is 0 Å². The zero-order valence-corrected chi connectivity index (χ0v) is 20.1. The molecule has 33 heavy (non-hydrogen) atoms. The highest BCUT2D eigenvalue weighted by Crippen LogP contribution is 2.46. The highest BCUT2D eigenvalue weighted by Gasteiger charge is 2.36. The van der Waals surface area contributed by atoms with E-state index in [4.69, 9.17) is 5.11 Å². The number of unbranched alkanes of at least 4 members (excludes halogenated alkanes) is 8. The molecule has 0 bridgehead atoms. The lowest BCUT2D eigenvalue weighted by Crippen LogP contribution is -2.26. The smallest absolute Gasteiger partial charge is 0.115 e. The van der Waals surface area contributed by atoms with Crippen LogP contribution in [-0.2, 0) is 0 Å². The van der Waals surface area contributed by atoms with Crippen LogP contribution < -0.4 is 0 Å². The number of hydrogen-bond donors (Lipinski definition) is 2. The summed E-state index contributed by atoms with van der Waals surface area (Å²) in [6, 6.07) is 18.9. The Bertz CT molecular complexity index is 852. The molecule has 2 aromatic carbocycles. The van der Waals surface area contributed by atoms with Crippen molar-refractivity contribution >= 4 is 0 Å². The molecule has 1 fully saturated rings. The number of aliphatic hydroxyl groups excluding tert-OH is 1. The van der Waals surface area contributed by atoms with Crippen molar-refractivity contribution < 1.29 is 10.2 Å². The van der Waals surface area contributed by atoms with E-state index in [1.807, 2.05) is 12.1 Å². The Morgan fingerprint density at radius 3 is 1.91 bits per heavy atom. The predicted molar refractivity (Wildman–Crippen MR) is 136 cm³/mol. The summed E-state index contributed by atoms with van der Waals surface area (Å²) in [4.78, 5) is 0. The number of aliphatic hydroxyl groups is 1. The van der Waals surface area contributed by atoms with Gasteiger partial charge in [-0.2, -0.15) is 5.26 Å². The fourth-order valence-electron chi connectivity index (χ4n) is 5.45. The van der Waals surface area contributed by atoms with E-state index in [0.717, 1.165) is 49.7 Å². The normalized spacial score (nSPS) is 20.4. The maximum absolute atomic E-state index is 10.1. The zero-order chi connectivity index (χ0) is 23.4. The van der Waals surface area contributed by atoms with E-state index in [1.54, 1.807) is 12.1 Å². The third-order valence-electron chi connectivity index (χ3n) is 7.48. The standard InChI is InChI=1S/C30H41NO2/c31-24-30(20-8-6-4-2-1-3-5-7-9-22-32)21-10-11-28(23-30)27-14-12-25(13-15-27)26-16-18-29(33)19-17-26/h12-19,28,32-33H,1-11,20-23H2. The van der Waals surface area contributed by atoms with Gasteiger partial charge in [-0.05, 0) is 66.8 Å².